The third-order valence-electron chi connectivity index (χ3n) is 3.46. The lowest BCUT2D eigenvalue weighted by atomic mass is 10.1. The van der Waals surface area contributed by atoms with Crippen LogP contribution in [-0.4, -0.2) is 24.3 Å². The van der Waals surface area contributed by atoms with Crippen LogP contribution in [0.15, 0.2) is 48.5 Å². The van der Waals surface area contributed by atoms with Gasteiger partial charge in [0.25, 0.3) is 0 Å². The molecule has 0 bridgehead atoms. The number of alkyl halides is 6. The minimum absolute atomic E-state index is 0.308. The van der Waals surface area contributed by atoms with Crippen LogP contribution in [0.4, 0.5) is 26.3 Å². The molecule has 2 aromatic rings. The molecule has 156 valence electrons. The average molecular weight is 420 g/mol. The molecule has 2 aromatic carbocycles. The fraction of sp³-hybridized carbons (Fsp3) is 0.263. The molecule has 4 nitrogen and oxygen atoms in total. The predicted molar refractivity (Wildman–Crippen MR) is 88.3 cm³/mol. The van der Waals surface area contributed by atoms with E-state index in [1.165, 1.54) is 24.3 Å². The van der Waals surface area contributed by atoms with Crippen LogP contribution in [-0.2, 0) is 22.4 Å². The molecular weight excluding hydrogens is 406 g/mol. The lowest BCUT2D eigenvalue weighted by molar-refractivity contribution is -0.145. The van der Waals surface area contributed by atoms with Crippen molar-refractivity contribution in [1.82, 2.24) is 0 Å². The van der Waals surface area contributed by atoms with Crippen LogP contribution in [0.25, 0.3) is 0 Å². The summed E-state index contributed by atoms with van der Waals surface area (Å²) < 4.78 is 85.0. The maximum absolute atomic E-state index is 12.6. The summed E-state index contributed by atoms with van der Waals surface area (Å²) in [5, 5.41) is 0. The Kier molecular flexibility index (Phi) is 6.89. The minimum Gasteiger partial charge on any atom is -0.426 e. The van der Waals surface area contributed by atoms with E-state index in [1.54, 1.807) is 0 Å². The molecule has 0 fully saturated rings. The molecule has 10 heteroatoms. The summed E-state index contributed by atoms with van der Waals surface area (Å²) in [7, 11) is 0. The van der Waals surface area contributed by atoms with Crippen molar-refractivity contribution in [3.63, 3.8) is 0 Å². The molecule has 0 aliphatic rings. The normalized spacial score (nSPS) is 11.8. The summed E-state index contributed by atoms with van der Waals surface area (Å²) in [4.78, 5) is 23.7. The Morgan fingerprint density at radius 1 is 0.655 bits per heavy atom. The first kappa shape index (κ1) is 22.3. The highest BCUT2D eigenvalue weighted by atomic mass is 19.4. The fourth-order valence-corrected chi connectivity index (χ4v) is 2.37. The summed E-state index contributed by atoms with van der Waals surface area (Å²) in [6.45, 7) is 0. The number of benzene rings is 2. The summed E-state index contributed by atoms with van der Waals surface area (Å²) >= 11 is 0. The van der Waals surface area contributed by atoms with Gasteiger partial charge in [-0.2, -0.15) is 26.3 Å². The smallest absolute Gasteiger partial charge is 0.393 e. The molecule has 0 saturated carbocycles. The molecule has 0 spiro atoms. The molecule has 0 saturated heterocycles. The highest BCUT2D eigenvalue weighted by Gasteiger charge is 2.31. The van der Waals surface area contributed by atoms with E-state index in [-0.39, 0.29) is 22.6 Å². The molecule has 0 unspecified atom stereocenters. The Morgan fingerprint density at radius 3 is 1.34 bits per heavy atom. The lowest BCUT2D eigenvalue weighted by Crippen LogP contribution is -2.20. The Hall–Kier alpha value is -3.04. The molecule has 0 aliphatic carbocycles. The Labute approximate surface area is 161 Å². The van der Waals surface area contributed by atoms with Crippen molar-refractivity contribution >= 4 is 11.9 Å². The van der Waals surface area contributed by atoms with Crippen LogP contribution in [0.1, 0.15) is 17.5 Å². The quantitative estimate of drug-likeness (QED) is 0.292. The van der Waals surface area contributed by atoms with Gasteiger partial charge in [0.05, 0.1) is 12.8 Å². The number of carbonyl (C=O) groups excluding carboxylic acids is 2. The Balaban J connectivity index is 2.02. The second kappa shape index (κ2) is 8.97. The topological polar surface area (TPSA) is 52.6 Å². The van der Waals surface area contributed by atoms with Gasteiger partial charge in [-0.1, -0.05) is 36.4 Å². The summed E-state index contributed by atoms with van der Waals surface area (Å²) in [5.74, 6) is -3.17. The maximum Gasteiger partial charge on any atom is 0.393 e. The molecule has 0 aromatic heterocycles. The second-order valence-corrected chi connectivity index (χ2v) is 5.92. The van der Waals surface area contributed by atoms with Crippen molar-refractivity contribution in [3.05, 3.63) is 59.7 Å². The first-order valence-electron chi connectivity index (χ1n) is 8.13. The minimum atomic E-state index is -4.54. The van der Waals surface area contributed by atoms with E-state index < -0.39 is 43.6 Å². The van der Waals surface area contributed by atoms with Crippen LogP contribution >= 0.6 is 0 Å². The van der Waals surface area contributed by atoms with E-state index in [1.807, 2.05) is 0 Å². The standard InChI is InChI=1S/C19H14F6O4/c20-18(21,22)10-12-5-1-3-7-14(12)28-16(26)9-17(27)29-15-8-4-2-6-13(15)11-19(23,24)25/h1-8H,9-11H2. The first-order valence-corrected chi connectivity index (χ1v) is 8.13. The van der Waals surface area contributed by atoms with E-state index in [0.29, 0.717) is 0 Å². The van der Waals surface area contributed by atoms with Crippen molar-refractivity contribution < 1.29 is 45.4 Å². The molecule has 0 amide bonds. The third-order valence-corrected chi connectivity index (χ3v) is 3.46. The van der Waals surface area contributed by atoms with Crippen LogP contribution in [0.5, 0.6) is 11.5 Å². The second-order valence-electron chi connectivity index (χ2n) is 5.92. The van der Waals surface area contributed by atoms with E-state index >= 15 is 0 Å². The van der Waals surface area contributed by atoms with Gasteiger partial charge in [-0.05, 0) is 12.1 Å². The van der Waals surface area contributed by atoms with Gasteiger partial charge in [-0.3, -0.25) is 9.59 Å². The number of hydrogen-bond donors (Lipinski definition) is 0. The van der Waals surface area contributed by atoms with Gasteiger partial charge in [-0.25, -0.2) is 0 Å². The van der Waals surface area contributed by atoms with E-state index in [4.69, 9.17) is 9.47 Å². The van der Waals surface area contributed by atoms with Crippen LogP contribution in [0, 0.1) is 0 Å². The third kappa shape index (κ3) is 7.84. The molecular formula is C19H14F6O4. The monoisotopic (exact) mass is 420 g/mol. The molecule has 0 heterocycles. The number of esters is 2. The highest BCUT2D eigenvalue weighted by molar-refractivity contribution is 5.93. The van der Waals surface area contributed by atoms with Crippen LogP contribution < -0.4 is 9.47 Å². The van der Waals surface area contributed by atoms with E-state index in [2.05, 4.69) is 0 Å². The number of hydrogen-bond acceptors (Lipinski definition) is 4. The average Bonchev–Trinajstić information content (AvgIpc) is 2.55. The fourth-order valence-electron chi connectivity index (χ4n) is 2.37. The summed E-state index contributed by atoms with van der Waals surface area (Å²) in [5.41, 5.74) is -0.616. The van der Waals surface area contributed by atoms with Gasteiger partial charge in [0.2, 0.25) is 0 Å². The van der Waals surface area contributed by atoms with Gasteiger partial charge in [-0.15, -0.1) is 0 Å². The molecule has 0 atom stereocenters. The van der Waals surface area contributed by atoms with Gasteiger partial charge in [0.1, 0.15) is 17.9 Å². The van der Waals surface area contributed by atoms with Crippen LogP contribution in [0.3, 0.4) is 0 Å². The van der Waals surface area contributed by atoms with Gasteiger partial charge >= 0.3 is 24.3 Å². The van der Waals surface area contributed by atoms with Crippen molar-refractivity contribution in [2.24, 2.45) is 0 Å². The zero-order valence-corrected chi connectivity index (χ0v) is 14.6. The van der Waals surface area contributed by atoms with Crippen molar-refractivity contribution in [2.75, 3.05) is 0 Å². The molecule has 29 heavy (non-hydrogen) atoms. The number of carbonyl (C=O) groups is 2. The molecule has 0 N–H and O–H groups in total. The maximum atomic E-state index is 12.6. The highest BCUT2D eigenvalue weighted by Crippen LogP contribution is 2.29. The molecule has 2 rings (SSSR count). The van der Waals surface area contributed by atoms with Crippen molar-refractivity contribution in [3.8, 4) is 11.5 Å². The zero-order valence-electron chi connectivity index (χ0n) is 14.6. The lowest BCUT2D eigenvalue weighted by Gasteiger charge is -2.13. The van der Waals surface area contributed by atoms with Crippen molar-refractivity contribution in [1.29, 1.82) is 0 Å². The number of ether oxygens (including phenoxy) is 2. The zero-order chi connectivity index (χ0) is 21.7. The Bertz CT molecular complexity index is 802. The van der Waals surface area contributed by atoms with E-state index in [0.717, 1.165) is 24.3 Å². The Morgan fingerprint density at radius 2 is 1.00 bits per heavy atom. The summed E-state index contributed by atoms with van der Waals surface area (Å²) in [6, 6.07) is 9.81. The van der Waals surface area contributed by atoms with E-state index in [9.17, 15) is 35.9 Å². The van der Waals surface area contributed by atoms with Crippen molar-refractivity contribution in [2.45, 2.75) is 31.6 Å². The largest absolute Gasteiger partial charge is 0.426 e. The molecule has 0 radical (unpaired) electrons. The predicted octanol–water partition coefficient (Wildman–Crippen LogP) is 4.80. The first-order chi connectivity index (χ1) is 13.4. The van der Waals surface area contributed by atoms with Gasteiger partial charge in [0.15, 0.2) is 0 Å². The molecule has 0 aliphatic heterocycles. The summed E-state index contributed by atoms with van der Waals surface area (Å²) in [6.07, 6.45) is -12.8. The van der Waals surface area contributed by atoms with Gasteiger partial charge < -0.3 is 9.47 Å². The number of para-hydroxylation sites is 2. The number of rotatable bonds is 6. The number of halogens is 6. The van der Waals surface area contributed by atoms with Crippen LogP contribution in [0.2, 0.25) is 0 Å². The SMILES string of the molecule is O=C(CC(=O)Oc1ccccc1CC(F)(F)F)Oc1ccccc1CC(F)(F)F. The van der Waals surface area contributed by atoms with Gasteiger partial charge in [0, 0.05) is 11.1 Å².